The maximum Gasteiger partial charge on any atom is 0.126 e. The number of halogens is 1. The Morgan fingerprint density at radius 3 is 2.33 bits per heavy atom. The lowest BCUT2D eigenvalue weighted by atomic mass is 9.82. The number of nitrogens with one attached hydrogen (secondary N) is 1. The molecule has 1 aliphatic rings. The molecular weight excluding hydrogens is 263 g/mol. The van der Waals surface area contributed by atoms with E-state index < -0.39 is 0 Å². The molecule has 0 aliphatic heterocycles. The number of benzene rings is 1. The zero-order chi connectivity index (χ0) is 15.3. The van der Waals surface area contributed by atoms with E-state index in [4.69, 9.17) is 0 Å². The Morgan fingerprint density at radius 2 is 1.81 bits per heavy atom. The molecule has 0 saturated heterocycles. The van der Waals surface area contributed by atoms with Crippen LogP contribution >= 0.6 is 0 Å². The summed E-state index contributed by atoms with van der Waals surface area (Å²) in [7, 11) is 2.02. The average Bonchev–Trinajstić information content (AvgIpc) is 2.98. The Labute approximate surface area is 128 Å². The minimum absolute atomic E-state index is 0.0783. The monoisotopic (exact) mass is 292 g/mol. The fourth-order valence-corrected chi connectivity index (χ4v) is 4.17. The molecule has 1 atom stereocenters. The second kappa shape index (κ2) is 7.37. The van der Waals surface area contributed by atoms with E-state index >= 15 is 0 Å². The van der Waals surface area contributed by atoms with Crippen molar-refractivity contribution in [1.82, 2.24) is 10.2 Å². The summed E-state index contributed by atoms with van der Waals surface area (Å²) in [6, 6.07) is 7.50. The first-order valence-corrected chi connectivity index (χ1v) is 8.33. The molecule has 0 amide bonds. The highest BCUT2D eigenvalue weighted by atomic mass is 19.1. The van der Waals surface area contributed by atoms with E-state index in [-0.39, 0.29) is 11.4 Å². The number of likely N-dealkylation sites (N-methyl/N-ethyl adjacent to an activating group) is 2. The van der Waals surface area contributed by atoms with Gasteiger partial charge in [0.05, 0.1) is 0 Å². The van der Waals surface area contributed by atoms with Crippen molar-refractivity contribution in [1.29, 1.82) is 0 Å². The zero-order valence-electron chi connectivity index (χ0n) is 13.7. The van der Waals surface area contributed by atoms with Crippen LogP contribution in [0.15, 0.2) is 24.3 Å². The summed E-state index contributed by atoms with van der Waals surface area (Å²) in [4.78, 5) is 2.59. The third-order valence-electron chi connectivity index (χ3n) is 5.24. The summed E-state index contributed by atoms with van der Waals surface area (Å²) in [5, 5.41) is 3.50. The van der Waals surface area contributed by atoms with Crippen LogP contribution in [0.3, 0.4) is 0 Å². The van der Waals surface area contributed by atoms with E-state index in [0.717, 1.165) is 25.1 Å². The van der Waals surface area contributed by atoms with Crippen molar-refractivity contribution in [2.24, 2.45) is 0 Å². The van der Waals surface area contributed by atoms with Crippen molar-refractivity contribution in [2.45, 2.75) is 57.5 Å². The molecule has 0 heterocycles. The van der Waals surface area contributed by atoms with Crippen molar-refractivity contribution >= 4 is 0 Å². The van der Waals surface area contributed by atoms with Gasteiger partial charge in [-0.25, -0.2) is 4.39 Å². The normalized spacial score (nSPS) is 19.1. The largest absolute Gasteiger partial charge is 0.315 e. The highest BCUT2D eigenvalue weighted by Gasteiger charge is 2.44. The van der Waals surface area contributed by atoms with Crippen LogP contribution in [0, 0.1) is 5.82 Å². The van der Waals surface area contributed by atoms with Crippen LogP contribution in [-0.2, 0) is 6.42 Å². The second-order valence-corrected chi connectivity index (χ2v) is 6.12. The molecule has 2 rings (SSSR count). The molecule has 3 heteroatoms. The molecule has 1 aromatic carbocycles. The van der Waals surface area contributed by atoms with Gasteiger partial charge < -0.3 is 5.32 Å². The molecule has 1 aliphatic carbocycles. The third-order valence-corrected chi connectivity index (χ3v) is 5.24. The lowest BCUT2D eigenvalue weighted by Gasteiger charge is -2.46. The third kappa shape index (κ3) is 3.29. The van der Waals surface area contributed by atoms with Crippen molar-refractivity contribution in [3.8, 4) is 0 Å². The Bertz CT molecular complexity index is 437. The number of nitrogens with zero attached hydrogens (tertiary/aromatic N) is 1. The molecule has 0 radical (unpaired) electrons. The van der Waals surface area contributed by atoms with Gasteiger partial charge in [-0.05, 0) is 51.0 Å². The van der Waals surface area contributed by atoms with Gasteiger partial charge in [0.25, 0.3) is 0 Å². The molecule has 1 unspecified atom stereocenters. The molecule has 0 bridgehead atoms. The zero-order valence-corrected chi connectivity index (χ0v) is 13.7. The first-order chi connectivity index (χ1) is 10.2. The van der Waals surface area contributed by atoms with Gasteiger partial charge in [0, 0.05) is 11.6 Å². The van der Waals surface area contributed by atoms with Crippen LogP contribution in [0.2, 0.25) is 0 Å². The Morgan fingerprint density at radius 1 is 1.19 bits per heavy atom. The summed E-state index contributed by atoms with van der Waals surface area (Å²) >= 11 is 0. The predicted octanol–water partition coefficient (Wildman–Crippen LogP) is 3.61. The molecule has 21 heavy (non-hydrogen) atoms. The summed E-state index contributed by atoms with van der Waals surface area (Å²) in [6.45, 7) is 6.59. The van der Waals surface area contributed by atoms with Gasteiger partial charge in [-0.15, -0.1) is 0 Å². The van der Waals surface area contributed by atoms with Crippen LogP contribution in [0.25, 0.3) is 0 Å². The number of hydrogen-bond acceptors (Lipinski definition) is 2. The summed E-state index contributed by atoms with van der Waals surface area (Å²) < 4.78 is 14.0. The van der Waals surface area contributed by atoms with Crippen LogP contribution in [-0.4, -0.2) is 36.6 Å². The average molecular weight is 292 g/mol. The van der Waals surface area contributed by atoms with E-state index in [1.54, 1.807) is 12.1 Å². The second-order valence-electron chi connectivity index (χ2n) is 6.12. The predicted molar refractivity (Wildman–Crippen MR) is 87.1 cm³/mol. The van der Waals surface area contributed by atoms with Crippen molar-refractivity contribution < 1.29 is 4.39 Å². The quantitative estimate of drug-likeness (QED) is 0.826. The van der Waals surface area contributed by atoms with Gasteiger partial charge in [-0.1, -0.05) is 44.9 Å². The first-order valence-electron chi connectivity index (χ1n) is 8.33. The number of rotatable bonds is 7. The summed E-state index contributed by atoms with van der Waals surface area (Å²) in [6.07, 6.45) is 5.76. The minimum atomic E-state index is -0.0783. The lowest BCUT2D eigenvalue weighted by molar-refractivity contribution is 0.0655. The Hall–Kier alpha value is -0.930. The van der Waals surface area contributed by atoms with E-state index in [9.17, 15) is 4.39 Å². The van der Waals surface area contributed by atoms with Crippen molar-refractivity contribution in [3.05, 3.63) is 35.6 Å². The molecule has 2 nitrogen and oxygen atoms in total. The van der Waals surface area contributed by atoms with Gasteiger partial charge in [0.1, 0.15) is 5.82 Å². The Balaban J connectivity index is 2.26. The maximum atomic E-state index is 14.0. The van der Waals surface area contributed by atoms with Crippen LogP contribution in [0.5, 0.6) is 0 Å². The van der Waals surface area contributed by atoms with Crippen LogP contribution in [0.1, 0.15) is 45.1 Å². The molecule has 1 aromatic rings. The molecule has 118 valence electrons. The van der Waals surface area contributed by atoms with Gasteiger partial charge in [-0.2, -0.15) is 0 Å². The van der Waals surface area contributed by atoms with Gasteiger partial charge in [0.15, 0.2) is 0 Å². The van der Waals surface area contributed by atoms with Crippen molar-refractivity contribution in [3.63, 3.8) is 0 Å². The van der Waals surface area contributed by atoms with E-state index in [1.807, 2.05) is 19.2 Å². The highest BCUT2D eigenvalue weighted by Crippen LogP contribution is 2.39. The molecule has 1 N–H and O–H groups in total. The maximum absolute atomic E-state index is 14.0. The summed E-state index contributed by atoms with van der Waals surface area (Å²) in [5.41, 5.74) is 1.01. The van der Waals surface area contributed by atoms with Gasteiger partial charge in [0.2, 0.25) is 0 Å². The van der Waals surface area contributed by atoms with Gasteiger partial charge in [-0.3, -0.25) is 4.90 Å². The minimum Gasteiger partial charge on any atom is -0.315 e. The van der Waals surface area contributed by atoms with Crippen molar-refractivity contribution in [2.75, 3.05) is 20.1 Å². The lowest BCUT2D eigenvalue weighted by Crippen LogP contribution is -2.60. The molecule has 0 aromatic heterocycles. The van der Waals surface area contributed by atoms with E-state index in [2.05, 4.69) is 24.1 Å². The van der Waals surface area contributed by atoms with E-state index in [0.29, 0.717) is 6.04 Å². The highest BCUT2D eigenvalue weighted by molar-refractivity contribution is 5.20. The summed E-state index contributed by atoms with van der Waals surface area (Å²) in [5.74, 6) is -0.0783. The smallest absolute Gasteiger partial charge is 0.126 e. The van der Waals surface area contributed by atoms with Crippen LogP contribution in [0.4, 0.5) is 4.39 Å². The first kappa shape index (κ1) is 16.4. The van der Waals surface area contributed by atoms with E-state index in [1.165, 1.54) is 25.7 Å². The molecule has 0 spiro atoms. The number of hydrogen-bond donors (Lipinski definition) is 1. The SMILES string of the molecule is CCN(CC)C1(C(Cc2ccccc2F)NC)CCCC1. The molecular formula is C18H29FN2. The fourth-order valence-electron chi connectivity index (χ4n) is 4.17. The molecule has 1 fully saturated rings. The topological polar surface area (TPSA) is 15.3 Å². The fraction of sp³-hybridized carbons (Fsp3) is 0.667. The van der Waals surface area contributed by atoms with Crippen LogP contribution < -0.4 is 5.32 Å². The molecule has 1 saturated carbocycles. The Kier molecular flexibility index (Phi) is 5.77. The van der Waals surface area contributed by atoms with Gasteiger partial charge >= 0.3 is 0 Å². The standard InChI is InChI=1S/C18H29FN2/c1-4-21(5-2)18(12-8-9-13-18)17(20-3)14-15-10-6-7-11-16(15)19/h6-7,10-11,17,20H,4-5,8-9,12-14H2,1-3H3.